The highest BCUT2D eigenvalue weighted by atomic mass is 32.2. The van der Waals surface area contributed by atoms with Gasteiger partial charge in [0, 0.05) is 31.6 Å². The first-order valence-electron chi connectivity index (χ1n) is 10.7. The molecule has 0 radical (unpaired) electrons. The number of hydrogen-bond acceptors (Lipinski definition) is 9. The molecule has 11 nitrogen and oxygen atoms in total. The van der Waals surface area contributed by atoms with Crippen molar-refractivity contribution in [2.24, 2.45) is 0 Å². The predicted molar refractivity (Wildman–Crippen MR) is 135 cm³/mol. The Balaban J connectivity index is 1.45. The highest BCUT2D eigenvalue weighted by molar-refractivity contribution is 7.92. The number of piperazine rings is 1. The predicted octanol–water partition coefficient (Wildman–Crippen LogP) is 2.47. The minimum Gasteiger partial charge on any atom is -0.495 e. The molecule has 1 aliphatic heterocycles. The quantitative estimate of drug-likeness (QED) is 0.430. The van der Waals surface area contributed by atoms with Crippen LogP contribution in [0.5, 0.6) is 5.75 Å². The molecule has 1 aromatic heterocycles. The van der Waals surface area contributed by atoms with E-state index >= 15 is 0 Å². The summed E-state index contributed by atoms with van der Waals surface area (Å²) in [6, 6.07) is 10.5. The number of thiazole rings is 1. The van der Waals surface area contributed by atoms with Crippen LogP contribution in [0.3, 0.4) is 0 Å². The van der Waals surface area contributed by atoms with E-state index in [9.17, 15) is 21.6 Å². The van der Waals surface area contributed by atoms with Crippen LogP contribution in [0.1, 0.15) is 15.9 Å². The number of aryl methyl sites for hydroxylation is 1. The van der Waals surface area contributed by atoms with Crippen molar-refractivity contribution >= 4 is 48.2 Å². The molecule has 1 saturated heterocycles. The molecule has 4 rings (SSSR count). The van der Waals surface area contributed by atoms with Crippen molar-refractivity contribution in [1.29, 1.82) is 0 Å². The lowest BCUT2D eigenvalue weighted by molar-refractivity contribution is 0.0696. The Labute approximate surface area is 213 Å². The fraction of sp³-hybridized carbons (Fsp3) is 0.273. The number of carboxylic acids is 1. The van der Waals surface area contributed by atoms with Gasteiger partial charge in [0.2, 0.25) is 10.0 Å². The Morgan fingerprint density at radius 1 is 1.06 bits per heavy atom. The standard InChI is InChI=1S/C22H24N4O7S3/c1-15-3-6-17(7-4-15)36(31,32)26-11-9-25(10-12-26)22-23-20(14-34-22)35(29,30)24-18-8-5-16(21(27)28)13-19(18)33-2/h3-8,13-14,24H,9-12H2,1-2H3,(H,27,28). The number of carbonyl (C=O) groups is 1. The molecule has 0 spiro atoms. The van der Waals surface area contributed by atoms with Gasteiger partial charge in [0.05, 0.1) is 23.3 Å². The number of anilines is 2. The van der Waals surface area contributed by atoms with Crippen molar-refractivity contribution in [3.05, 3.63) is 59.0 Å². The highest BCUT2D eigenvalue weighted by Crippen LogP contribution is 2.30. The van der Waals surface area contributed by atoms with E-state index in [1.807, 2.05) is 11.8 Å². The lowest BCUT2D eigenvalue weighted by Gasteiger charge is -2.33. The molecule has 0 atom stereocenters. The summed E-state index contributed by atoms with van der Waals surface area (Å²) in [4.78, 5) is 17.5. The van der Waals surface area contributed by atoms with Gasteiger partial charge in [0.1, 0.15) is 5.75 Å². The van der Waals surface area contributed by atoms with Gasteiger partial charge in [-0.1, -0.05) is 17.7 Å². The Morgan fingerprint density at radius 3 is 2.33 bits per heavy atom. The third-order valence-corrected chi connectivity index (χ3v) is 9.82. The minimum absolute atomic E-state index is 0.0470. The van der Waals surface area contributed by atoms with Crippen LogP contribution in [0.4, 0.5) is 10.8 Å². The zero-order valence-electron chi connectivity index (χ0n) is 19.4. The van der Waals surface area contributed by atoms with Crippen molar-refractivity contribution in [3.63, 3.8) is 0 Å². The average molecular weight is 553 g/mol. The van der Waals surface area contributed by atoms with E-state index in [0.29, 0.717) is 18.2 Å². The summed E-state index contributed by atoms with van der Waals surface area (Å²) in [5, 5.41) is 10.8. The normalized spacial score (nSPS) is 15.0. The van der Waals surface area contributed by atoms with Crippen LogP contribution in [0, 0.1) is 6.92 Å². The minimum atomic E-state index is -4.08. The van der Waals surface area contributed by atoms with E-state index in [0.717, 1.165) is 16.9 Å². The number of sulfonamides is 2. The zero-order chi connectivity index (χ0) is 26.1. The first-order chi connectivity index (χ1) is 17.0. The van der Waals surface area contributed by atoms with Gasteiger partial charge in [0.25, 0.3) is 10.0 Å². The van der Waals surface area contributed by atoms with E-state index in [1.165, 1.54) is 35.0 Å². The number of aromatic nitrogens is 1. The molecule has 0 saturated carbocycles. The maximum Gasteiger partial charge on any atom is 0.335 e. The maximum atomic E-state index is 12.9. The Morgan fingerprint density at radius 2 is 1.72 bits per heavy atom. The lowest BCUT2D eigenvalue weighted by atomic mass is 10.2. The second-order valence-electron chi connectivity index (χ2n) is 8.00. The molecule has 3 aromatic rings. The number of benzene rings is 2. The zero-order valence-corrected chi connectivity index (χ0v) is 21.9. The Hall–Kier alpha value is -3.20. The van der Waals surface area contributed by atoms with Crippen molar-refractivity contribution in [2.45, 2.75) is 16.8 Å². The van der Waals surface area contributed by atoms with Crippen LogP contribution >= 0.6 is 11.3 Å². The van der Waals surface area contributed by atoms with Crippen LogP contribution in [0.15, 0.2) is 57.8 Å². The van der Waals surface area contributed by atoms with Gasteiger partial charge >= 0.3 is 5.97 Å². The lowest BCUT2D eigenvalue weighted by Crippen LogP contribution is -2.48. The van der Waals surface area contributed by atoms with Gasteiger partial charge in [-0.25, -0.2) is 18.2 Å². The monoisotopic (exact) mass is 552 g/mol. The van der Waals surface area contributed by atoms with E-state index in [2.05, 4.69) is 9.71 Å². The summed E-state index contributed by atoms with van der Waals surface area (Å²) in [5.74, 6) is -1.11. The van der Waals surface area contributed by atoms with Gasteiger partial charge in [-0.2, -0.15) is 12.7 Å². The number of ether oxygens (including phenoxy) is 1. The van der Waals surface area contributed by atoms with E-state index in [1.54, 1.807) is 24.3 Å². The molecule has 0 bridgehead atoms. The van der Waals surface area contributed by atoms with E-state index in [-0.39, 0.29) is 40.0 Å². The van der Waals surface area contributed by atoms with Crippen molar-refractivity contribution in [3.8, 4) is 5.75 Å². The van der Waals surface area contributed by atoms with Gasteiger partial charge in [-0.05, 0) is 37.3 Å². The molecule has 192 valence electrons. The molecule has 0 aliphatic carbocycles. The number of aromatic carboxylic acids is 1. The molecular formula is C22H24N4O7S3. The fourth-order valence-electron chi connectivity index (χ4n) is 3.60. The third-order valence-electron chi connectivity index (χ3n) is 5.61. The van der Waals surface area contributed by atoms with Crippen LogP contribution < -0.4 is 14.4 Å². The molecule has 0 unspecified atom stereocenters. The van der Waals surface area contributed by atoms with Gasteiger partial charge in [-0.3, -0.25) is 4.72 Å². The topological polar surface area (TPSA) is 146 Å². The largest absolute Gasteiger partial charge is 0.495 e. The molecule has 1 fully saturated rings. The Kier molecular flexibility index (Phi) is 7.22. The molecule has 2 aromatic carbocycles. The van der Waals surface area contributed by atoms with Crippen molar-refractivity contribution < 1.29 is 31.5 Å². The van der Waals surface area contributed by atoms with Crippen LogP contribution in [-0.4, -0.2) is 70.5 Å². The van der Waals surface area contributed by atoms with Crippen LogP contribution in [0.2, 0.25) is 0 Å². The summed E-state index contributed by atoms with van der Waals surface area (Å²) >= 11 is 1.14. The van der Waals surface area contributed by atoms with Crippen molar-refractivity contribution in [1.82, 2.24) is 9.29 Å². The average Bonchev–Trinajstić information content (AvgIpc) is 3.36. The summed E-state index contributed by atoms with van der Waals surface area (Å²) in [7, 11) is -6.39. The molecule has 2 heterocycles. The van der Waals surface area contributed by atoms with Crippen LogP contribution in [-0.2, 0) is 20.0 Å². The first-order valence-corrected chi connectivity index (χ1v) is 14.5. The molecule has 14 heteroatoms. The number of methoxy groups -OCH3 is 1. The van der Waals surface area contributed by atoms with Crippen molar-refractivity contribution in [2.75, 3.05) is 42.9 Å². The summed E-state index contributed by atoms with van der Waals surface area (Å²) in [6.07, 6.45) is 0. The summed E-state index contributed by atoms with van der Waals surface area (Å²) in [6.45, 7) is 3.08. The first kappa shape index (κ1) is 25.9. The number of nitrogens with zero attached hydrogens (tertiary/aromatic N) is 3. The SMILES string of the molecule is COc1cc(C(=O)O)ccc1NS(=O)(=O)c1csc(N2CCN(S(=O)(=O)c3ccc(C)cc3)CC2)n1. The third kappa shape index (κ3) is 5.31. The second-order valence-corrected chi connectivity index (χ2v) is 12.4. The number of nitrogens with one attached hydrogen (secondary N) is 1. The summed E-state index contributed by atoms with van der Waals surface area (Å²) < 4.78 is 60.6. The van der Waals surface area contributed by atoms with E-state index < -0.39 is 26.0 Å². The maximum absolute atomic E-state index is 12.9. The molecule has 1 aliphatic rings. The van der Waals surface area contributed by atoms with Gasteiger partial charge < -0.3 is 14.7 Å². The molecule has 0 amide bonds. The van der Waals surface area contributed by atoms with Gasteiger partial charge in [0.15, 0.2) is 10.2 Å². The van der Waals surface area contributed by atoms with E-state index in [4.69, 9.17) is 9.84 Å². The smallest absolute Gasteiger partial charge is 0.335 e. The van der Waals surface area contributed by atoms with Gasteiger partial charge in [-0.15, -0.1) is 11.3 Å². The number of carboxylic acid groups (broad SMARTS) is 1. The second kappa shape index (κ2) is 10.0. The number of rotatable bonds is 8. The summed E-state index contributed by atoms with van der Waals surface area (Å²) in [5.41, 5.74) is 1.000. The molecule has 2 N–H and O–H groups in total. The number of hydrogen-bond donors (Lipinski definition) is 2. The molecular weight excluding hydrogens is 528 g/mol. The van der Waals surface area contributed by atoms with Crippen LogP contribution in [0.25, 0.3) is 0 Å². The molecule has 36 heavy (non-hydrogen) atoms. The highest BCUT2D eigenvalue weighted by Gasteiger charge is 2.30. The Bertz CT molecular complexity index is 1480. The fourth-order valence-corrected chi connectivity index (χ4v) is 7.25.